The van der Waals surface area contributed by atoms with E-state index < -0.39 is 47.7 Å². The molecule has 0 aliphatic carbocycles. The molecule has 0 radical (unpaired) electrons. The van der Waals surface area contributed by atoms with Gasteiger partial charge in [0.25, 0.3) is 0 Å². The lowest BCUT2D eigenvalue weighted by molar-refractivity contribution is -0.210. The Balaban J connectivity index is 3.17. The molecule has 1 atom stereocenters. The largest absolute Gasteiger partial charge is 0.481 e. The van der Waals surface area contributed by atoms with E-state index in [9.17, 15) is 30.4 Å². The molecule has 7 nitrogen and oxygen atoms in total. The van der Waals surface area contributed by atoms with Crippen LogP contribution >= 0.6 is 0 Å². The molecule has 1 aliphatic heterocycles. The molecule has 0 saturated carbocycles. The highest BCUT2D eigenvalue weighted by molar-refractivity contribution is 5.77. The van der Waals surface area contributed by atoms with Crippen molar-refractivity contribution in [2.24, 2.45) is 10.8 Å². The molecule has 22 heavy (non-hydrogen) atoms. The quantitative estimate of drug-likeness (QED) is 0.462. The summed E-state index contributed by atoms with van der Waals surface area (Å²) in [7, 11) is 0. The second-order valence-corrected chi connectivity index (χ2v) is 7.72. The van der Waals surface area contributed by atoms with Crippen molar-refractivity contribution in [1.29, 1.82) is 0 Å². The van der Waals surface area contributed by atoms with Gasteiger partial charge >= 0.3 is 5.97 Å². The number of aliphatic hydroxyl groups is 3. The first-order valence-electron chi connectivity index (χ1n) is 7.50. The van der Waals surface area contributed by atoms with E-state index in [2.05, 4.69) is 0 Å². The summed E-state index contributed by atoms with van der Waals surface area (Å²) in [4.78, 5) is 12.0. The van der Waals surface area contributed by atoms with E-state index in [1.165, 1.54) is 0 Å². The average molecular weight is 319 g/mol. The molecule has 0 aromatic heterocycles. The zero-order valence-corrected chi connectivity index (χ0v) is 13.8. The van der Waals surface area contributed by atoms with Gasteiger partial charge in [-0.05, 0) is 47.0 Å². The van der Waals surface area contributed by atoms with E-state index in [1.807, 2.05) is 0 Å². The summed E-state index contributed by atoms with van der Waals surface area (Å²) in [6.45, 7) is 5.61. The fourth-order valence-corrected chi connectivity index (χ4v) is 3.69. The lowest BCUT2D eigenvalue weighted by Crippen LogP contribution is -2.54. The molecule has 0 amide bonds. The Morgan fingerprint density at radius 1 is 1.09 bits per heavy atom. The van der Waals surface area contributed by atoms with Crippen LogP contribution in [0.25, 0.3) is 0 Å². The van der Waals surface area contributed by atoms with Gasteiger partial charge in [-0.15, -0.1) is 0 Å². The summed E-state index contributed by atoms with van der Waals surface area (Å²) in [6, 6.07) is 0. The van der Waals surface area contributed by atoms with Crippen LogP contribution in [0.1, 0.15) is 47.0 Å². The minimum Gasteiger partial charge on any atom is -0.481 e. The lowest BCUT2D eigenvalue weighted by Gasteiger charge is -2.42. The van der Waals surface area contributed by atoms with Gasteiger partial charge in [0.05, 0.1) is 30.8 Å². The topological polar surface area (TPSA) is 121 Å². The van der Waals surface area contributed by atoms with Crippen LogP contribution in [-0.4, -0.2) is 67.6 Å². The standard InChI is InChI=1S/C15H29NO6/c1-12(2)7-15(11(20)21,13(3,4)16(12)22)6-5-14(8-17,9-18)10-19/h17-19,22H,5-10H2,1-4H3,(H,20,21). The predicted octanol–water partition coefficient (Wildman–Crippen LogP) is 0.453. The molecule has 1 rings (SSSR count). The van der Waals surface area contributed by atoms with Crippen molar-refractivity contribution in [1.82, 2.24) is 5.06 Å². The second-order valence-electron chi connectivity index (χ2n) is 7.72. The van der Waals surface area contributed by atoms with Crippen LogP contribution in [-0.2, 0) is 4.79 Å². The van der Waals surface area contributed by atoms with Gasteiger partial charge in [0, 0.05) is 11.0 Å². The Hall–Kier alpha value is -0.730. The fraction of sp³-hybridized carbons (Fsp3) is 0.933. The molecule has 0 aromatic rings. The fourth-order valence-electron chi connectivity index (χ4n) is 3.69. The maximum Gasteiger partial charge on any atom is 0.311 e. The van der Waals surface area contributed by atoms with Crippen molar-refractivity contribution in [2.45, 2.75) is 58.0 Å². The predicted molar refractivity (Wildman–Crippen MR) is 79.4 cm³/mol. The molecule has 1 heterocycles. The number of hydrogen-bond donors (Lipinski definition) is 5. The summed E-state index contributed by atoms with van der Waals surface area (Å²) in [6.07, 6.45) is 0.519. The van der Waals surface area contributed by atoms with Gasteiger partial charge in [-0.2, -0.15) is 5.06 Å². The van der Waals surface area contributed by atoms with Gasteiger partial charge < -0.3 is 25.6 Å². The Labute approximate surface area is 131 Å². The van der Waals surface area contributed by atoms with Crippen molar-refractivity contribution < 1.29 is 30.4 Å². The highest BCUT2D eigenvalue weighted by Crippen LogP contribution is 2.55. The van der Waals surface area contributed by atoms with Crippen molar-refractivity contribution in [2.75, 3.05) is 19.8 Å². The van der Waals surface area contributed by atoms with Crippen molar-refractivity contribution >= 4 is 5.97 Å². The summed E-state index contributed by atoms with van der Waals surface area (Å²) in [5.74, 6) is -1.02. The van der Waals surface area contributed by atoms with Gasteiger partial charge in [0.1, 0.15) is 0 Å². The number of nitrogens with zero attached hydrogens (tertiary/aromatic N) is 1. The van der Waals surface area contributed by atoms with Crippen LogP contribution in [0.4, 0.5) is 0 Å². The van der Waals surface area contributed by atoms with Gasteiger partial charge in [-0.25, -0.2) is 0 Å². The maximum atomic E-state index is 12.0. The van der Waals surface area contributed by atoms with Crippen LogP contribution in [0.5, 0.6) is 0 Å². The third-order valence-electron chi connectivity index (χ3n) is 5.51. The molecule has 7 heteroatoms. The van der Waals surface area contributed by atoms with E-state index in [4.69, 9.17) is 0 Å². The summed E-state index contributed by atoms with van der Waals surface area (Å²) in [5, 5.41) is 49.6. The first-order chi connectivity index (χ1) is 9.94. The van der Waals surface area contributed by atoms with Gasteiger partial charge in [-0.3, -0.25) is 4.79 Å². The van der Waals surface area contributed by atoms with Crippen LogP contribution in [0, 0.1) is 10.8 Å². The Morgan fingerprint density at radius 2 is 1.55 bits per heavy atom. The molecule has 1 aliphatic rings. The number of hydrogen-bond acceptors (Lipinski definition) is 6. The van der Waals surface area contributed by atoms with Crippen molar-refractivity contribution in [3.05, 3.63) is 0 Å². The number of hydroxylamine groups is 2. The third-order valence-corrected chi connectivity index (χ3v) is 5.51. The number of carboxylic acids is 1. The highest BCUT2D eigenvalue weighted by atomic mass is 16.5. The number of aliphatic carboxylic acids is 1. The van der Waals surface area contributed by atoms with E-state index in [0.29, 0.717) is 0 Å². The first-order valence-corrected chi connectivity index (χ1v) is 7.50. The zero-order chi connectivity index (χ0) is 17.4. The van der Waals surface area contributed by atoms with E-state index in [1.54, 1.807) is 27.7 Å². The molecule has 0 aromatic carbocycles. The van der Waals surface area contributed by atoms with E-state index in [-0.39, 0.29) is 19.3 Å². The second kappa shape index (κ2) is 6.05. The zero-order valence-electron chi connectivity index (χ0n) is 13.8. The number of carbonyl (C=O) groups is 1. The van der Waals surface area contributed by atoms with Crippen LogP contribution in [0.15, 0.2) is 0 Å². The number of aliphatic hydroxyl groups excluding tert-OH is 3. The summed E-state index contributed by atoms with van der Waals surface area (Å²) >= 11 is 0. The summed E-state index contributed by atoms with van der Waals surface area (Å²) in [5.41, 5.74) is -4.09. The minimum absolute atomic E-state index is 0.136. The Morgan fingerprint density at radius 3 is 1.82 bits per heavy atom. The first kappa shape index (κ1) is 19.3. The third kappa shape index (κ3) is 2.76. The SMILES string of the molecule is CC1(C)CC(CCC(CO)(CO)CO)(C(=O)O)C(C)(C)N1O. The molecule has 0 spiro atoms. The van der Waals surface area contributed by atoms with Crippen LogP contribution in [0.2, 0.25) is 0 Å². The monoisotopic (exact) mass is 319 g/mol. The van der Waals surface area contributed by atoms with Crippen LogP contribution < -0.4 is 0 Å². The van der Waals surface area contributed by atoms with E-state index in [0.717, 1.165) is 5.06 Å². The van der Waals surface area contributed by atoms with Gasteiger partial charge in [0.2, 0.25) is 0 Å². The number of rotatable bonds is 7. The highest BCUT2D eigenvalue weighted by Gasteiger charge is 2.65. The maximum absolute atomic E-state index is 12.0. The normalized spacial score (nSPS) is 28.0. The van der Waals surface area contributed by atoms with Crippen molar-refractivity contribution in [3.8, 4) is 0 Å². The summed E-state index contributed by atoms with van der Waals surface area (Å²) < 4.78 is 0. The molecule has 130 valence electrons. The van der Waals surface area contributed by atoms with Crippen LogP contribution in [0.3, 0.4) is 0 Å². The smallest absolute Gasteiger partial charge is 0.311 e. The average Bonchev–Trinajstić information content (AvgIpc) is 2.59. The Bertz CT molecular complexity index is 410. The molecule has 0 bridgehead atoms. The lowest BCUT2D eigenvalue weighted by atomic mass is 9.65. The Kier molecular flexibility index (Phi) is 5.31. The minimum atomic E-state index is -1.24. The molecule has 1 saturated heterocycles. The number of carboxylic acid groups (broad SMARTS) is 1. The molecule has 1 fully saturated rings. The van der Waals surface area contributed by atoms with E-state index >= 15 is 0 Å². The van der Waals surface area contributed by atoms with Gasteiger partial charge in [-0.1, -0.05) is 0 Å². The molecular weight excluding hydrogens is 290 g/mol. The molecular formula is C15H29NO6. The molecule has 1 unspecified atom stereocenters. The molecule has 5 N–H and O–H groups in total. The van der Waals surface area contributed by atoms with Crippen molar-refractivity contribution in [3.63, 3.8) is 0 Å². The van der Waals surface area contributed by atoms with Gasteiger partial charge in [0.15, 0.2) is 0 Å².